The van der Waals surface area contributed by atoms with Gasteiger partial charge in [-0.3, -0.25) is 4.79 Å². The molecule has 56 heavy (non-hydrogen) atoms. The van der Waals surface area contributed by atoms with Crippen molar-refractivity contribution in [3.8, 4) is 5.75 Å². The lowest BCUT2D eigenvalue weighted by molar-refractivity contribution is -0.322. The number of aliphatic hydroxyl groups excluding tert-OH is 1. The summed E-state index contributed by atoms with van der Waals surface area (Å²) in [6.45, 7) is 8.59. The molecule has 0 amide bonds. The molecule has 2 aliphatic heterocycles. The van der Waals surface area contributed by atoms with Gasteiger partial charge in [0.2, 0.25) is 0 Å². The molecule has 0 aromatic heterocycles. The second kappa shape index (κ2) is 15.0. The van der Waals surface area contributed by atoms with Crippen LogP contribution in [0.3, 0.4) is 0 Å². The third kappa shape index (κ3) is 6.38. The van der Waals surface area contributed by atoms with Gasteiger partial charge in [0.15, 0.2) is 18.4 Å². The maximum Gasteiger partial charge on any atom is 0.338 e. The van der Waals surface area contributed by atoms with E-state index in [1.54, 1.807) is 28.1 Å². The summed E-state index contributed by atoms with van der Waals surface area (Å²) in [5, 5.41) is 57.9. The van der Waals surface area contributed by atoms with Crippen molar-refractivity contribution in [2.24, 2.45) is 16.7 Å². The topological polar surface area (TPSA) is 200 Å². The van der Waals surface area contributed by atoms with Gasteiger partial charge in [-0.1, -0.05) is 18.6 Å². The smallest absolute Gasteiger partial charge is 0.338 e. The van der Waals surface area contributed by atoms with E-state index in [1.165, 1.54) is 31.2 Å². The first-order valence-corrected chi connectivity index (χ1v) is 20.1. The molecule has 14 heteroatoms. The molecular weight excluding hydrogens is 728 g/mol. The van der Waals surface area contributed by atoms with Crippen molar-refractivity contribution >= 4 is 11.8 Å². The summed E-state index contributed by atoms with van der Waals surface area (Å²) in [6.07, 6.45) is -0.836. The number of carbonyl (C=O) groups is 2. The Balaban J connectivity index is 1.09. The van der Waals surface area contributed by atoms with Crippen LogP contribution in [0.4, 0.5) is 0 Å². The summed E-state index contributed by atoms with van der Waals surface area (Å²) >= 11 is 0. The van der Waals surface area contributed by atoms with Crippen molar-refractivity contribution in [3.05, 3.63) is 41.5 Å². The number of carbonyl (C=O) groups excluding carboxylic acids is 2. The summed E-state index contributed by atoms with van der Waals surface area (Å²) in [7, 11) is 3.18. The predicted molar refractivity (Wildman–Crippen MR) is 198 cm³/mol. The maximum atomic E-state index is 13.6. The number of fused-ring (bicyclic) bond motifs is 5. The lowest BCUT2D eigenvalue weighted by atomic mass is 9.42. The average molecular weight is 789 g/mol. The molecule has 0 radical (unpaired) electrons. The number of phenols is 1. The van der Waals surface area contributed by atoms with E-state index in [9.17, 15) is 35.1 Å². The van der Waals surface area contributed by atoms with Gasteiger partial charge in [-0.25, -0.2) is 4.79 Å². The van der Waals surface area contributed by atoms with Gasteiger partial charge < -0.3 is 58.7 Å². The quantitative estimate of drug-likeness (QED) is 0.180. The number of rotatable bonds is 9. The number of methoxy groups -OCH3 is 2. The van der Waals surface area contributed by atoms with Gasteiger partial charge in [-0.05, 0) is 102 Å². The highest BCUT2D eigenvalue weighted by molar-refractivity contribution is 5.90. The number of ketones is 1. The highest BCUT2D eigenvalue weighted by Gasteiger charge is 2.81. The highest BCUT2D eigenvalue weighted by atomic mass is 16.7. The van der Waals surface area contributed by atoms with E-state index in [1.807, 2.05) is 13.0 Å². The minimum atomic E-state index is -2.06. The normalized spacial score (nSPS) is 47.6. The van der Waals surface area contributed by atoms with E-state index in [4.69, 9.17) is 33.2 Å². The SMILES string of the molecule is CO[C@H]1C[C@H](O[C@H]2[C@@H](OC)C[C@H](O[C@H]3CC[C@@]4(C)C(=CC[C@]5(O)[C@@H]4C[C@@H](OC(=O)c4ccc(O)cc4)[C@@]4(C)[C@]5(O)CC[C@@]4(O)C(C)=O)C3)O[C@@H]2C)O[C@H](C)[C@@H]1O. The van der Waals surface area contributed by atoms with Crippen molar-refractivity contribution < 1.29 is 68.3 Å². The Bertz CT molecular complexity index is 1670. The molecule has 2 saturated heterocycles. The Kier molecular flexibility index (Phi) is 11.1. The Labute approximate surface area is 328 Å². The summed E-state index contributed by atoms with van der Waals surface area (Å²) < 4.78 is 42.8. The van der Waals surface area contributed by atoms with E-state index in [0.29, 0.717) is 32.1 Å². The zero-order valence-electron chi connectivity index (χ0n) is 33.5. The van der Waals surface area contributed by atoms with Crippen molar-refractivity contribution in [1.29, 1.82) is 0 Å². The van der Waals surface area contributed by atoms with E-state index in [2.05, 4.69) is 6.92 Å². The third-order valence-electron chi connectivity index (χ3n) is 15.0. The largest absolute Gasteiger partial charge is 0.508 e. The summed E-state index contributed by atoms with van der Waals surface area (Å²) in [5.41, 5.74) is -6.91. The molecule has 1 aromatic rings. The average Bonchev–Trinajstić information content (AvgIpc) is 3.39. The molecule has 4 aliphatic carbocycles. The van der Waals surface area contributed by atoms with Crippen LogP contribution in [-0.4, -0.2) is 130 Å². The molecule has 6 aliphatic rings. The Morgan fingerprint density at radius 3 is 2.16 bits per heavy atom. The molecule has 312 valence electrons. The van der Waals surface area contributed by atoms with Gasteiger partial charge in [0.1, 0.15) is 40.9 Å². The number of esters is 1. The van der Waals surface area contributed by atoms with Gasteiger partial charge in [-0.15, -0.1) is 0 Å². The molecule has 5 N–H and O–H groups in total. The van der Waals surface area contributed by atoms with Gasteiger partial charge >= 0.3 is 5.97 Å². The standard InChI is InChI=1S/C42H60O14/c1-22-35(45)29(50-6)19-34(52-22)56-36-23(2)53-33(20-30(36)51-7)54-28-13-14-38(4)26(18-28)12-15-41(48)31(38)21-32(55-37(46)25-8-10-27(44)11-9-25)39(5)40(47,24(3)43)16-17-42(39,41)49/h8-12,22-23,28-36,44-45,47-49H,13-21H2,1-7H3/t22-,23-,28+,29+,30+,31-,32-,33+,34+,35+,36-,38+,39-,40-,41+,42-/m1/s1. The first-order valence-electron chi connectivity index (χ1n) is 20.1. The van der Waals surface area contributed by atoms with Crippen LogP contribution < -0.4 is 0 Å². The van der Waals surface area contributed by atoms with Crippen LogP contribution in [-0.2, 0) is 38.0 Å². The number of hydrogen-bond acceptors (Lipinski definition) is 14. The van der Waals surface area contributed by atoms with Crippen molar-refractivity contribution in [2.75, 3.05) is 14.2 Å². The van der Waals surface area contributed by atoms with Crippen LogP contribution in [0, 0.1) is 16.7 Å². The summed E-state index contributed by atoms with van der Waals surface area (Å²) in [4.78, 5) is 26.8. The Morgan fingerprint density at radius 1 is 0.857 bits per heavy atom. The molecule has 3 saturated carbocycles. The van der Waals surface area contributed by atoms with Gasteiger partial charge in [0.05, 0.1) is 41.5 Å². The minimum Gasteiger partial charge on any atom is -0.508 e. The number of aliphatic hydroxyl groups is 4. The summed E-state index contributed by atoms with van der Waals surface area (Å²) in [6, 6.07) is 5.59. The second-order valence-electron chi connectivity index (χ2n) is 17.6. The van der Waals surface area contributed by atoms with Crippen LogP contribution in [0.2, 0.25) is 0 Å². The number of Topliss-reactive ketones (excluding diaryl/α,β-unsaturated/α-hetero) is 1. The van der Waals surface area contributed by atoms with Crippen molar-refractivity contribution in [1.82, 2.24) is 0 Å². The fraction of sp³-hybridized carbons (Fsp3) is 0.762. The fourth-order valence-electron chi connectivity index (χ4n) is 11.5. The molecule has 1 aromatic carbocycles. The number of aromatic hydroxyl groups is 1. The Morgan fingerprint density at radius 2 is 1.50 bits per heavy atom. The molecule has 0 spiro atoms. The van der Waals surface area contributed by atoms with E-state index in [-0.39, 0.29) is 49.2 Å². The number of phenolic OH excluding ortho intramolecular Hbond substituents is 1. The van der Waals surface area contributed by atoms with E-state index < -0.39 is 94.5 Å². The molecule has 0 unspecified atom stereocenters. The van der Waals surface area contributed by atoms with Crippen LogP contribution >= 0.6 is 0 Å². The lowest BCUT2D eigenvalue weighted by Crippen LogP contribution is -2.78. The molecule has 2 heterocycles. The highest BCUT2D eigenvalue weighted by Crippen LogP contribution is 2.71. The number of hydrogen-bond donors (Lipinski definition) is 5. The van der Waals surface area contributed by atoms with Gasteiger partial charge in [0, 0.05) is 33.0 Å². The molecule has 0 bridgehead atoms. The lowest BCUT2D eigenvalue weighted by Gasteiger charge is -2.67. The van der Waals surface area contributed by atoms with Gasteiger partial charge in [0.25, 0.3) is 0 Å². The van der Waals surface area contributed by atoms with Gasteiger partial charge in [-0.2, -0.15) is 0 Å². The second-order valence-corrected chi connectivity index (χ2v) is 17.6. The molecule has 7 rings (SSSR count). The molecule has 14 nitrogen and oxygen atoms in total. The predicted octanol–water partition coefficient (Wildman–Crippen LogP) is 3.47. The Hall–Kier alpha value is -2.50. The van der Waals surface area contributed by atoms with Crippen LogP contribution in [0.15, 0.2) is 35.9 Å². The summed E-state index contributed by atoms with van der Waals surface area (Å²) in [5.74, 6) is -1.90. The number of ether oxygens (including phenoxy) is 7. The van der Waals surface area contributed by atoms with Crippen molar-refractivity contribution in [3.63, 3.8) is 0 Å². The first kappa shape index (κ1) is 41.7. The molecule has 16 atom stereocenters. The zero-order valence-corrected chi connectivity index (χ0v) is 33.5. The molecule has 5 fully saturated rings. The zero-order chi connectivity index (χ0) is 40.6. The minimum absolute atomic E-state index is 0.0228. The number of benzene rings is 1. The molecular formula is C42H60O14. The van der Waals surface area contributed by atoms with E-state index in [0.717, 1.165) is 5.57 Å². The monoisotopic (exact) mass is 788 g/mol. The van der Waals surface area contributed by atoms with Crippen LogP contribution in [0.25, 0.3) is 0 Å². The first-order chi connectivity index (χ1) is 26.3. The maximum absolute atomic E-state index is 13.6. The van der Waals surface area contributed by atoms with E-state index >= 15 is 0 Å². The van der Waals surface area contributed by atoms with Crippen LogP contribution in [0.5, 0.6) is 5.75 Å². The fourth-order valence-corrected chi connectivity index (χ4v) is 11.5. The third-order valence-corrected chi connectivity index (χ3v) is 15.0. The van der Waals surface area contributed by atoms with Crippen molar-refractivity contribution in [2.45, 2.75) is 171 Å². The van der Waals surface area contributed by atoms with Crippen LogP contribution in [0.1, 0.15) is 103 Å².